The Bertz CT molecular complexity index is 789. The Morgan fingerprint density at radius 2 is 1.50 bits per heavy atom. The molecule has 2 amide bonds. The average Bonchev–Trinajstić information content (AvgIpc) is 2.74. The summed E-state index contributed by atoms with van der Waals surface area (Å²) in [7, 11) is 0. The van der Waals surface area contributed by atoms with Crippen molar-refractivity contribution < 1.29 is 4.79 Å². The second-order valence-electron chi connectivity index (χ2n) is 7.81. The van der Waals surface area contributed by atoms with Crippen LogP contribution < -0.4 is 16.3 Å². The highest BCUT2D eigenvalue weighted by atomic mass is 16.2. The van der Waals surface area contributed by atoms with Crippen LogP contribution in [0.15, 0.2) is 47.5 Å². The molecule has 2 N–H and O–H groups in total. The number of unbranched alkanes of at least 4 members (excludes halogenated alkanes) is 10. The van der Waals surface area contributed by atoms with E-state index in [0.29, 0.717) is 5.69 Å². The molecule has 30 heavy (non-hydrogen) atoms. The molecule has 0 fully saturated rings. The van der Waals surface area contributed by atoms with Crippen LogP contribution in [-0.2, 0) is 6.42 Å². The standard InChI is InChI=1S/C24H36N4O2/c1-2-3-4-5-6-7-8-9-10-11-15-18-22-19-23(29)25-20-28(22)27-24(30)26-21-16-13-12-14-17-21/h12-14,16-17,19-20H,2-11,15,18H2,1H3,(H2,26,27,30). The van der Waals surface area contributed by atoms with E-state index in [0.717, 1.165) is 25.0 Å². The lowest BCUT2D eigenvalue weighted by molar-refractivity contribution is 0.259. The van der Waals surface area contributed by atoms with Crippen LogP contribution in [0.25, 0.3) is 0 Å². The van der Waals surface area contributed by atoms with Crippen LogP contribution in [0.4, 0.5) is 10.5 Å². The fourth-order valence-electron chi connectivity index (χ4n) is 3.49. The van der Waals surface area contributed by atoms with Gasteiger partial charge >= 0.3 is 6.03 Å². The second-order valence-corrected chi connectivity index (χ2v) is 7.81. The van der Waals surface area contributed by atoms with E-state index in [-0.39, 0.29) is 11.6 Å². The van der Waals surface area contributed by atoms with Gasteiger partial charge in [-0.1, -0.05) is 89.3 Å². The highest BCUT2D eigenvalue weighted by molar-refractivity contribution is 5.94. The summed E-state index contributed by atoms with van der Waals surface area (Å²) in [5, 5.41) is 2.77. The van der Waals surface area contributed by atoms with E-state index < -0.39 is 0 Å². The zero-order valence-electron chi connectivity index (χ0n) is 18.2. The molecule has 0 aliphatic heterocycles. The van der Waals surface area contributed by atoms with Crippen molar-refractivity contribution in [3.8, 4) is 0 Å². The Labute approximate surface area is 180 Å². The van der Waals surface area contributed by atoms with E-state index in [1.54, 1.807) is 0 Å². The van der Waals surface area contributed by atoms with E-state index >= 15 is 0 Å². The lowest BCUT2D eigenvalue weighted by Crippen LogP contribution is -2.31. The van der Waals surface area contributed by atoms with Gasteiger partial charge in [0.2, 0.25) is 0 Å². The molecule has 0 unspecified atom stereocenters. The number of aromatic nitrogens is 2. The summed E-state index contributed by atoms with van der Waals surface area (Å²) < 4.78 is 1.54. The fraction of sp³-hybridized carbons (Fsp3) is 0.542. The summed E-state index contributed by atoms with van der Waals surface area (Å²) in [5.41, 5.74) is 3.94. The molecule has 6 nitrogen and oxygen atoms in total. The number of carbonyl (C=O) groups excluding carboxylic acids is 1. The number of aryl methyl sites for hydroxylation is 1. The SMILES string of the molecule is CCCCCCCCCCCCCc1cc(=O)ncn1NC(=O)Nc1ccccc1. The Balaban J connectivity index is 1.68. The number of hydrogen-bond acceptors (Lipinski definition) is 3. The van der Waals surface area contributed by atoms with E-state index in [2.05, 4.69) is 22.7 Å². The van der Waals surface area contributed by atoms with Crippen LogP contribution in [0.5, 0.6) is 0 Å². The number of carbonyl (C=O) groups is 1. The molecule has 6 heteroatoms. The van der Waals surface area contributed by atoms with Gasteiger partial charge in [0.15, 0.2) is 0 Å². The van der Waals surface area contributed by atoms with E-state index in [1.165, 1.54) is 74.9 Å². The lowest BCUT2D eigenvalue weighted by Gasteiger charge is -2.14. The van der Waals surface area contributed by atoms with Crippen molar-refractivity contribution in [2.24, 2.45) is 0 Å². The third kappa shape index (κ3) is 9.72. The number of nitrogens with zero attached hydrogens (tertiary/aromatic N) is 2. The van der Waals surface area contributed by atoms with Gasteiger partial charge in [-0.05, 0) is 25.0 Å². The zero-order valence-corrected chi connectivity index (χ0v) is 18.2. The first-order valence-corrected chi connectivity index (χ1v) is 11.4. The lowest BCUT2D eigenvalue weighted by atomic mass is 10.0. The third-order valence-corrected chi connectivity index (χ3v) is 5.19. The minimum absolute atomic E-state index is 0.283. The van der Waals surface area contributed by atoms with Crippen LogP contribution >= 0.6 is 0 Å². The third-order valence-electron chi connectivity index (χ3n) is 5.19. The monoisotopic (exact) mass is 412 g/mol. The van der Waals surface area contributed by atoms with Gasteiger partial charge in [-0.15, -0.1) is 0 Å². The number of nitrogens with one attached hydrogen (secondary N) is 2. The molecular formula is C24H36N4O2. The largest absolute Gasteiger partial charge is 0.338 e. The first-order chi connectivity index (χ1) is 14.7. The quantitative estimate of drug-likeness (QED) is 0.381. The maximum absolute atomic E-state index is 12.2. The number of para-hydroxylation sites is 1. The molecule has 0 saturated carbocycles. The van der Waals surface area contributed by atoms with Crippen molar-refractivity contribution in [2.75, 3.05) is 10.7 Å². The fourth-order valence-corrected chi connectivity index (χ4v) is 3.49. The van der Waals surface area contributed by atoms with Gasteiger partial charge in [0.05, 0.1) is 0 Å². The maximum Gasteiger partial charge on any atom is 0.338 e. The molecule has 0 bridgehead atoms. The van der Waals surface area contributed by atoms with Crippen molar-refractivity contribution in [1.82, 2.24) is 9.66 Å². The normalized spacial score (nSPS) is 10.7. The summed E-state index contributed by atoms with van der Waals surface area (Å²) in [6.07, 6.45) is 16.1. The van der Waals surface area contributed by atoms with Crippen LogP contribution in [0.2, 0.25) is 0 Å². The molecule has 1 aromatic carbocycles. The van der Waals surface area contributed by atoms with Gasteiger partial charge in [0.1, 0.15) is 6.33 Å². The first kappa shape index (κ1) is 23.6. The van der Waals surface area contributed by atoms with Crippen LogP contribution in [0.3, 0.4) is 0 Å². The molecule has 1 heterocycles. The van der Waals surface area contributed by atoms with Crippen molar-refractivity contribution in [1.29, 1.82) is 0 Å². The first-order valence-electron chi connectivity index (χ1n) is 11.4. The highest BCUT2D eigenvalue weighted by Gasteiger charge is 2.07. The smallest absolute Gasteiger partial charge is 0.307 e. The molecule has 0 saturated heterocycles. The molecule has 0 radical (unpaired) electrons. The van der Waals surface area contributed by atoms with E-state index in [9.17, 15) is 9.59 Å². The molecule has 2 aromatic rings. The van der Waals surface area contributed by atoms with Gasteiger partial charge < -0.3 is 5.32 Å². The number of amides is 2. The number of rotatable bonds is 14. The molecular weight excluding hydrogens is 376 g/mol. The summed E-state index contributed by atoms with van der Waals surface area (Å²) in [5.74, 6) is 0. The zero-order chi connectivity index (χ0) is 21.4. The Morgan fingerprint density at radius 3 is 2.13 bits per heavy atom. The maximum atomic E-state index is 12.2. The molecule has 0 aliphatic carbocycles. The molecule has 1 aromatic heterocycles. The molecule has 0 spiro atoms. The number of hydrogen-bond donors (Lipinski definition) is 2. The minimum Gasteiger partial charge on any atom is -0.307 e. The predicted molar refractivity (Wildman–Crippen MR) is 123 cm³/mol. The van der Waals surface area contributed by atoms with Gasteiger partial charge in [-0.3, -0.25) is 4.79 Å². The van der Waals surface area contributed by atoms with Gasteiger partial charge in [-0.25, -0.2) is 14.9 Å². The average molecular weight is 413 g/mol. The summed E-state index contributed by atoms with van der Waals surface area (Å²) in [6, 6.07) is 10.4. The van der Waals surface area contributed by atoms with Gasteiger partial charge in [0, 0.05) is 17.4 Å². The molecule has 0 atom stereocenters. The number of benzene rings is 1. The molecule has 2 rings (SSSR count). The van der Waals surface area contributed by atoms with Crippen LogP contribution in [0, 0.1) is 0 Å². The van der Waals surface area contributed by atoms with Gasteiger partial charge in [-0.2, -0.15) is 4.98 Å². The minimum atomic E-state index is -0.369. The van der Waals surface area contributed by atoms with Crippen LogP contribution in [0.1, 0.15) is 83.2 Å². The van der Waals surface area contributed by atoms with Crippen molar-refractivity contribution in [3.05, 3.63) is 58.8 Å². The number of anilines is 1. The molecule has 164 valence electrons. The Morgan fingerprint density at radius 1 is 0.900 bits per heavy atom. The summed E-state index contributed by atoms with van der Waals surface area (Å²) in [6.45, 7) is 2.25. The summed E-state index contributed by atoms with van der Waals surface area (Å²) in [4.78, 5) is 27.7. The van der Waals surface area contributed by atoms with Crippen molar-refractivity contribution >= 4 is 11.7 Å². The van der Waals surface area contributed by atoms with Crippen molar-refractivity contribution in [2.45, 2.75) is 84.0 Å². The highest BCUT2D eigenvalue weighted by Crippen LogP contribution is 2.12. The van der Waals surface area contributed by atoms with Crippen LogP contribution in [-0.4, -0.2) is 15.7 Å². The molecule has 0 aliphatic rings. The van der Waals surface area contributed by atoms with E-state index in [4.69, 9.17) is 0 Å². The Kier molecular flexibility index (Phi) is 11.3. The predicted octanol–water partition coefficient (Wildman–Crippen LogP) is 5.87. The van der Waals surface area contributed by atoms with E-state index in [1.807, 2.05) is 30.3 Å². The van der Waals surface area contributed by atoms with Crippen molar-refractivity contribution in [3.63, 3.8) is 0 Å². The topological polar surface area (TPSA) is 76.0 Å². The number of urea groups is 1. The van der Waals surface area contributed by atoms with Gasteiger partial charge in [0.25, 0.3) is 5.56 Å². The second kappa shape index (κ2) is 14.4. The summed E-state index contributed by atoms with van der Waals surface area (Å²) >= 11 is 0. The Hall–Kier alpha value is -2.63.